The van der Waals surface area contributed by atoms with Crippen LogP contribution in [0.1, 0.15) is 52.4 Å². The van der Waals surface area contributed by atoms with Crippen LogP contribution in [-0.2, 0) is 4.74 Å². The Labute approximate surface area is 97.6 Å². The van der Waals surface area contributed by atoms with E-state index in [4.69, 9.17) is 4.74 Å². The van der Waals surface area contributed by atoms with E-state index in [1.165, 1.54) is 0 Å². The van der Waals surface area contributed by atoms with Crippen LogP contribution in [0, 0.1) is 12.0 Å². The molecule has 1 nitrogen and oxygen atoms in total. The summed E-state index contributed by atoms with van der Waals surface area (Å²) in [5, 5.41) is 0. The molecule has 1 saturated carbocycles. The van der Waals surface area contributed by atoms with Gasteiger partial charge in [-0.2, -0.15) is 0 Å². The van der Waals surface area contributed by atoms with Gasteiger partial charge in [-0.15, -0.1) is 0 Å². The molecule has 0 aromatic rings. The largest absolute Gasteiger partial charge is 0.369 e. The van der Waals surface area contributed by atoms with Gasteiger partial charge in [0, 0.05) is 6.61 Å². The lowest BCUT2D eigenvalue weighted by Gasteiger charge is -2.33. The molecule has 3 heteroatoms. The zero-order chi connectivity index (χ0) is 12.0. The number of alkyl halides is 2. The molecule has 0 amide bonds. The van der Waals surface area contributed by atoms with Crippen LogP contribution in [0.5, 0.6) is 0 Å². The predicted octanol–water partition coefficient (Wildman–Crippen LogP) is 4.22. The van der Waals surface area contributed by atoms with E-state index in [0.29, 0.717) is 19.1 Å². The molecule has 1 aliphatic rings. The minimum absolute atomic E-state index is 0.106. The van der Waals surface area contributed by atoms with Crippen LogP contribution in [-0.4, -0.2) is 19.0 Å². The first-order valence-electron chi connectivity index (χ1n) is 6.47. The summed E-state index contributed by atoms with van der Waals surface area (Å²) in [5.41, 5.74) is 0. The second-order valence-electron chi connectivity index (χ2n) is 4.54. The van der Waals surface area contributed by atoms with Crippen LogP contribution >= 0.6 is 0 Å². The Morgan fingerprint density at radius 1 is 1.25 bits per heavy atom. The molecule has 1 fully saturated rings. The third-order valence-corrected chi connectivity index (χ3v) is 3.31. The number of hydrogen-bond acceptors (Lipinski definition) is 1. The van der Waals surface area contributed by atoms with Crippen LogP contribution in [0.2, 0.25) is 0 Å². The number of ether oxygens (including phenoxy) is 1. The maximum absolute atomic E-state index is 13.8. The van der Waals surface area contributed by atoms with Gasteiger partial charge in [-0.1, -0.05) is 26.2 Å². The molecule has 0 saturated heterocycles. The van der Waals surface area contributed by atoms with E-state index in [-0.39, 0.29) is 5.92 Å². The van der Waals surface area contributed by atoms with Crippen LogP contribution in [0.4, 0.5) is 8.78 Å². The highest BCUT2D eigenvalue weighted by Gasteiger charge is 2.40. The SMILES string of the molecule is CCCCCC1CC[C](OCC)C(F)C1F. The molecule has 0 spiro atoms. The van der Waals surface area contributed by atoms with Crippen molar-refractivity contribution < 1.29 is 13.5 Å². The Morgan fingerprint density at radius 3 is 2.62 bits per heavy atom. The lowest BCUT2D eigenvalue weighted by Crippen LogP contribution is -2.38. The quantitative estimate of drug-likeness (QED) is 0.624. The fourth-order valence-electron chi connectivity index (χ4n) is 2.34. The normalized spacial score (nSPS) is 31.9. The van der Waals surface area contributed by atoms with E-state index >= 15 is 0 Å². The third-order valence-electron chi connectivity index (χ3n) is 3.31. The second-order valence-corrected chi connectivity index (χ2v) is 4.54. The highest BCUT2D eigenvalue weighted by molar-refractivity contribution is 5.00. The first kappa shape index (κ1) is 13.9. The van der Waals surface area contributed by atoms with Crippen molar-refractivity contribution in [3.05, 3.63) is 6.10 Å². The van der Waals surface area contributed by atoms with Crippen molar-refractivity contribution in [2.45, 2.75) is 64.7 Å². The van der Waals surface area contributed by atoms with E-state index in [2.05, 4.69) is 6.92 Å². The summed E-state index contributed by atoms with van der Waals surface area (Å²) < 4.78 is 32.6. The van der Waals surface area contributed by atoms with Gasteiger partial charge in [0.2, 0.25) is 0 Å². The van der Waals surface area contributed by atoms with Crippen LogP contribution in [0.15, 0.2) is 0 Å². The molecule has 16 heavy (non-hydrogen) atoms. The van der Waals surface area contributed by atoms with Gasteiger partial charge in [0.15, 0.2) is 6.17 Å². The first-order valence-corrected chi connectivity index (χ1v) is 6.47. The molecule has 3 unspecified atom stereocenters. The Hall–Kier alpha value is -0.180. The maximum atomic E-state index is 13.8. The minimum Gasteiger partial charge on any atom is -0.369 e. The molecule has 95 valence electrons. The van der Waals surface area contributed by atoms with E-state index in [0.717, 1.165) is 32.1 Å². The molecule has 3 atom stereocenters. The van der Waals surface area contributed by atoms with Gasteiger partial charge >= 0.3 is 0 Å². The Morgan fingerprint density at radius 2 is 2.00 bits per heavy atom. The number of hydrogen-bond donors (Lipinski definition) is 0. The third kappa shape index (κ3) is 3.69. The summed E-state index contributed by atoms with van der Waals surface area (Å²) in [6.07, 6.45) is 2.86. The molecular formula is C13H23F2O. The average Bonchev–Trinajstić information content (AvgIpc) is 2.28. The molecule has 1 radical (unpaired) electrons. The molecule has 0 heterocycles. The Balaban J connectivity index is 2.35. The van der Waals surface area contributed by atoms with Gasteiger partial charge < -0.3 is 4.74 Å². The van der Waals surface area contributed by atoms with Crippen molar-refractivity contribution in [3.63, 3.8) is 0 Å². The summed E-state index contributed by atoms with van der Waals surface area (Å²) in [6.45, 7) is 4.36. The predicted molar refractivity (Wildman–Crippen MR) is 61.5 cm³/mol. The lowest BCUT2D eigenvalue weighted by atomic mass is 9.81. The molecule has 0 N–H and O–H groups in total. The zero-order valence-electron chi connectivity index (χ0n) is 10.3. The Kier molecular flexibility index (Phi) is 6.25. The van der Waals surface area contributed by atoms with Crippen molar-refractivity contribution >= 4 is 0 Å². The highest BCUT2D eigenvalue weighted by atomic mass is 19.2. The topological polar surface area (TPSA) is 9.23 Å². The highest BCUT2D eigenvalue weighted by Crippen LogP contribution is 2.38. The van der Waals surface area contributed by atoms with Crippen molar-refractivity contribution in [3.8, 4) is 0 Å². The minimum atomic E-state index is -1.50. The molecule has 0 aromatic carbocycles. The van der Waals surface area contributed by atoms with Crippen molar-refractivity contribution in [2.75, 3.05) is 6.61 Å². The summed E-state index contributed by atoms with van der Waals surface area (Å²) >= 11 is 0. The molecule has 1 aliphatic carbocycles. The average molecular weight is 233 g/mol. The molecular weight excluding hydrogens is 210 g/mol. The van der Waals surface area contributed by atoms with Crippen molar-refractivity contribution in [1.82, 2.24) is 0 Å². The van der Waals surface area contributed by atoms with Gasteiger partial charge in [0.1, 0.15) is 12.3 Å². The van der Waals surface area contributed by atoms with Crippen LogP contribution in [0.25, 0.3) is 0 Å². The van der Waals surface area contributed by atoms with Crippen LogP contribution in [0.3, 0.4) is 0 Å². The fraction of sp³-hybridized carbons (Fsp3) is 0.923. The summed E-state index contributed by atoms with van der Waals surface area (Å²) in [7, 11) is 0. The summed E-state index contributed by atoms with van der Waals surface area (Å²) in [5.74, 6) is -0.106. The molecule has 0 bridgehead atoms. The van der Waals surface area contributed by atoms with E-state index in [1.54, 1.807) is 6.92 Å². The standard InChI is InChI=1S/C13H23F2O/c1-3-5-6-7-10-8-9-11(16-4-2)13(15)12(10)14/h10,12-13H,3-9H2,1-2H3. The second kappa shape index (κ2) is 7.21. The number of halogens is 2. The van der Waals surface area contributed by atoms with Gasteiger partial charge in [0.05, 0.1) is 0 Å². The van der Waals surface area contributed by atoms with E-state index < -0.39 is 12.3 Å². The van der Waals surface area contributed by atoms with Crippen molar-refractivity contribution in [1.29, 1.82) is 0 Å². The smallest absolute Gasteiger partial charge is 0.163 e. The monoisotopic (exact) mass is 233 g/mol. The van der Waals surface area contributed by atoms with E-state index in [1.807, 2.05) is 0 Å². The van der Waals surface area contributed by atoms with Gasteiger partial charge in [-0.3, -0.25) is 0 Å². The number of rotatable bonds is 6. The Bertz CT molecular complexity index is 187. The molecule has 0 aliphatic heterocycles. The van der Waals surface area contributed by atoms with Gasteiger partial charge in [-0.05, 0) is 32.1 Å². The molecule has 0 aromatic heterocycles. The maximum Gasteiger partial charge on any atom is 0.163 e. The van der Waals surface area contributed by atoms with Crippen LogP contribution < -0.4 is 0 Å². The summed E-state index contributed by atoms with van der Waals surface area (Å²) in [6, 6.07) is 0. The zero-order valence-corrected chi connectivity index (χ0v) is 10.3. The lowest BCUT2D eigenvalue weighted by molar-refractivity contribution is -0.00758. The number of unbranched alkanes of at least 4 members (excludes halogenated alkanes) is 2. The van der Waals surface area contributed by atoms with Gasteiger partial charge in [-0.25, -0.2) is 8.78 Å². The molecule has 1 rings (SSSR count). The van der Waals surface area contributed by atoms with Gasteiger partial charge in [0.25, 0.3) is 0 Å². The summed E-state index contributed by atoms with van der Waals surface area (Å²) in [4.78, 5) is 0. The fourth-order valence-corrected chi connectivity index (χ4v) is 2.34. The van der Waals surface area contributed by atoms with Crippen molar-refractivity contribution in [2.24, 2.45) is 5.92 Å². The van der Waals surface area contributed by atoms with E-state index in [9.17, 15) is 8.78 Å². The first-order chi connectivity index (χ1) is 7.70.